The van der Waals surface area contributed by atoms with Crippen LogP contribution in [0.1, 0.15) is 40.2 Å². The highest BCUT2D eigenvalue weighted by Crippen LogP contribution is 2.22. The van der Waals surface area contributed by atoms with E-state index in [9.17, 15) is 19.2 Å². The Balaban J connectivity index is 1.68. The summed E-state index contributed by atoms with van der Waals surface area (Å²) >= 11 is 0. The molecular formula is C23H23FN2O4. The summed E-state index contributed by atoms with van der Waals surface area (Å²) in [6.07, 6.45) is 3.71. The second kappa shape index (κ2) is 9.51. The van der Waals surface area contributed by atoms with Crippen molar-refractivity contribution in [2.24, 2.45) is 0 Å². The summed E-state index contributed by atoms with van der Waals surface area (Å²) in [5.41, 5.74) is 2.70. The molecule has 7 heteroatoms. The third-order valence-electron chi connectivity index (χ3n) is 5.16. The van der Waals surface area contributed by atoms with Gasteiger partial charge in [-0.05, 0) is 68.7 Å². The van der Waals surface area contributed by atoms with E-state index >= 15 is 0 Å². The highest BCUT2D eigenvalue weighted by Gasteiger charge is 2.20. The highest BCUT2D eigenvalue weighted by atomic mass is 19.1. The van der Waals surface area contributed by atoms with Crippen molar-refractivity contribution in [1.82, 2.24) is 4.57 Å². The molecule has 1 aliphatic rings. The molecule has 30 heavy (non-hydrogen) atoms. The fourth-order valence-corrected chi connectivity index (χ4v) is 3.47. The Hall–Kier alpha value is -3.24. The number of esters is 1. The third-order valence-corrected chi connectivity index (χ3v) is 5.16. The summed E-state index contributed by atoms with van der Waals surface area (Å²) in [6, 6.07) is 8.68. The molecule has 0 unspecified atom stereocenters. The summed E-state index contributed by atoms with van der Waals surface area (Å²) < 4.78 is 25.8. The fourth-order valence-electron chi connectivity index (χ4n) is 3.47. The predicted octanol–water partition coefficient (Wildman–Crippen LogP) is 3.76. The molecule has 0 N–H and O–H groups in total. The van der Waals surface area contributed by atoms with E-state index < -0.39 is 24.2 Å². The van der Waals surface area contributed by atoms with Crippen LogP contribution in [0.5, 0.6) is 0 Å². The molecule has 1 fully saturated rings. The van der Waals surface area contributed by atoms with Gasteiger partial charge in [-0.1, -0.05) is 0 Å². The minimum atomic E-state index is -0.878. The minimum absolute atomic E-state index is 0.171. The van der Waals surface area contributed by atoms with E-state index in [0.717, 1.165) is 55.1 Å². The maximum atomic E-state index is 13.0. The van der Waals surface area contributed by atoms with Gasteiger partial charge in [0.2, 0.25) is 0 Å². The van der Waals surface area contributed by atoms with Crippen molar-refractivity contribution in [2.75, 3.05) is 13.2 Å². The SMILES string of the molecule is Cc1cc(/C=C(\C#N)C(=O)OCC(=O)c2ccc(F)cc2)c(C)n1C[C@H]1CCCO1. The number of hydrogen-bond acceptors (Lipinski definition) is 5. The standard InChI is InChI=1S/C23H23FN2O4/c1-15-10-18(16(2)26(15)13-21-4-3-9-29-21)11-19(12-25)23(28)30-14-22(27)17-5-7-20(24)8-6-17/h5-8,10-11,21H,3-4,9,13-14H2,1-2H3/b19-11+/t21-/m1/s1. The average molecular weight is 410 g/mol. The topological polar surface area (TPSA) is 81.3 Å². The second-order valence-corrected chi connectivity index (χ2v) is 7.25. The lowest BCUT2D eigenvalue weighted by Gasteiger charge is -2.14. The number of rotatable bonds is 7. The number of Topliss-reactive ketones (excluding diaryl/α,β-unsaturated/α-hetero) is 1. The first-order valence-electron chi connectivity index (χ1n) is 9.75. The zero-order valence-corrected chi connectivity index (χ0v) is 17.0. The summed E-state index contributed by atoms with van der Waals surface area (Å²) in [4.78, 5) is 24.4. The van der Waals surface area contributed by atoms with Gasteiger partial charge in [-0.2, -0.15) is 5.26 Å². The van der Waals surface area contributed by atoms with E-state index in [1.54, 1.807) is 0 Å². The van der Waals surface area contributed by atoms with Gasteiger partial charge in [0.25, 0.3) is 0 Å². The van der Waals surface area contributed by atoms with Gasteiger partial charge in [0.05, 0.1) is 6.10 Å². The molecular weight excluding hydrogens is 387 g/mol. The second-order valence-electron chi connectivity index (χ2n) is 7.25. The van der Waals surface area contributed by atoms with Crippen molar-refractivity contribution < 1.29 is 23.5 Å². The lowest BCUT2D eigenvalue weighted by Crippen LogP contribution is -2.17. The maximum absolute atomic E-state index is 13.0. The molecule has 2 aromatic rings. The van der Waals surface area contributed by atoms with Crippen LogP contribution in [0.2, 0.25) is 0 Å². The maximum Gasteiger partial charge on any atom is 0.349 e. The van der Waals surface area contributed by atoms with Gasteiger partial charge >= 0.3 is 5.97 Å². The van der Waals surface area contributed by atoms with E-state index in [1.807, 2.05) is 26.0 Å². The number of nitrogens with zero attached hydrogens (tertiary/aromatic N) is 2. The fraction of sp³-hybridized carbons (Fsp3) is 0.348. The van der Waals surface area contributed by atoms with E-state index in [1.165, 1.54) is 18.2 Å². The number of nitriles is 1. The van der Waals surface area contributed by atoms with Crippen LogP contribution in [0.4, 0.5) is 4.39 Å². The number of aromatic nitrogens is 1. The Bertz CT molecular complexity index is 1010. The van der Waals surface area contributed by atoms with Crippen LogP contribution < -0.4 is 0 Å². The highest BCUT2D eigenvalue weighted by molar-refractivity contribution is 6.01. The molecule has 3 rings (SSSR count). The number of halogens is 1. The smallest absolute Gasteiger partial charge is 0.349 e. The van der Waals surface area contributed by atoms with Crippen LogP contribution in [0.25, 0.3) is 6.08 Å². The van der Waals surface area contributed by atoms with Crippen molar-refractivity contribution in [1.29, 1.82) is 5.26 Å². The predicted molar refractivity (Wildman–Crippen MR) is 108 cm³/mol. The molecule has 1 atom stereocenters. The zero-order valence-electron chi connectivity index (χ0n) is 17.0. The van der Waals surface area contributed by atoms with E-state index in [2.05, 4.69) is 4.57 Å². The van der Waals surface area contributed by atoms with Crippen LogP contribution in [-0.4, -0.2) is 35.6 Å². The first-order chi connectivity index (χ1) is 14.4. The van der Waals surface area contributed by atoms with Crippen LogP contribution in [0.3, 0.4) is 0 Å². The Morgan fingerprint density at radius 3 is 2.70 bits per heavy atom. The number of ether oxygens (including phenoxy) is 2. The number of carbonyl (C=O) groups excluding carboxylic acids is 2. The first-order valence-corrected chi connectivity index (χ1v) is 9.75. The average Bonchev–Trinajstić information content (AvgIpc) is 3.34. The van der Waals surface area contributed by atoms with Gasteiger partial charge in [-0.25, -0.2) is 9.18 Å². The number of hydrogen-bond donors (Lipinski definition) is 0. The van der Waals surface area contributed by atoms with Gasteiger partial charge in [0, 0.05) is 30.1 Å². The lowest BCUT2D eigenvalue weighted by atomic mass is 10.1. The van der Waals surface area contributed by atoms with Crippen LogP contribution in [-0.2, 0) is 20.8 Å². The van der Waals surface area contributed by atoms with E-state index in [4.69, 9.17) is 9.47 Å². The summed E-state index contributed by atoms with van der Waals surface area (Å²) in [5.74, 6) is -1.82. The van der Waals surface area contributed by atoms with Gasteiger partial charge < -0.3 is 14.0 Å². The van der Waals surface area contributed by atoms with Gasteiger partial charge in [0.15, 0.2) is 12.4 Å². The quantitative estimate of drug-likeness (QED) is 0.300. The number of carbonyl (C=O) groups is 2. The third kappa shape index (κ3) is 5.02. The molecule has 1 saturated heterocycles. The van der Waals surface area contributed by atoms with Gasteiger partial charge in [0.1, 0.15) is 17.5 Å². The monoisotopic (exact) mass is 410 g/mol. The molecule has 156 valence electrons. The van der Waals surface area contributed by atoms with Crippen molar-refractivity contribution in [3.05, 3.63) is 64.2 Å². The molecule has 1 aromatic heterocycles. The first kappa shape index (κ1) is 21.5. The molecule has 0 aliphatic carbocycles. The van der Waals surface area contributed by atoms with Crippen molar-refractivity contribution in [3.8, 4) is 6.07 Å². The summed E-state index contributed by atoms with van der Waals surface area (Å²) in [7, 11) is 0. The zero-order chi connectivity index (χ0) is 21.7. The molecule has 1 aliphatic heterocycles. The Morgan fingerprint density at radius 1 is 1.33 bits per heavy atom. The van der Waals surface area contributed by atoms with Crippen LogP contribution >= 0.6 is 0 Å². The van der Waals surface area contributed by atoms with Gasteiger partial charge in [-0.15, -0.1) is 0 Å². The Labute approximate surface area is 174 Å². The molecule has 0 saturated carbocycles. The number of benzene rings is 1. The molecule has 6 nitrogen and oxygen atoms in total. The Morgan fingerprint density at radius 2 is 2.07 bits per heavy atom. The lowest BCUT2D eigenvalue weighted by molar-refractivity contribution is -0.137. The van der Waals surface area contributed by atoms with Crippen molar-refractivity contribution in [3.63, 3.8) is 0 Å². The summed E-state index contributed by atoms with van der Waals surface area (Å²) in [6.45, 7) is 4.86. The number of ketones is 1. The Kier molecular flexibility index (Phi) is 6.80. The van der Waals surface area contributed by atoms with E-state index in [0.29, 0.717) is 0 Å². The van der Waals surface area contributed by atoms with Crippen LogP contribution in [0.15, 0.2) is 35.9 Å². The summed E-state index contributed by atoms with van der Waals surface area (Å²) in [5, 5.41) is 9.39. The van der Waals surface area contributed by atoms with Crippen molar-refractivity contribution in [2.45, 2.75) is 39.3 Å². The largest absolute Gasteiger partial charge is 0.453 e. The minimum Gasteiger partial charge on any atom is -0.453 e. The molecule has 0 spiro atoms. The molecule has 0 radical (unpaired) electrons. The van der Waals surface area contributed by atoms with Crippen molar-refractivity contribution >= 4 is 17.8 Å². The van der Waals surface area contributed by atoms with Gasteiger partial charge in [-0.3, -0.25) is 4.79 Å². The number of aryl methyl sites for hydroxylation is 1. The molecule has 1 aromatic carbocycles. The molecule has 0 amide bonds. The molecule has 0 bridgehead atoms. The normalized spacial score (nSPS) is 16.3. The van der Waals surface area contributed by atoms with E-state index in [-0.39, 0.29) is 17.2 Å². The molecule has 2 heterocycles. The van der Waals surface area contributed by atoms with Crippen LogP contribution in [0, 0.1) is 31.0 Å².